The fourth-order valence-corrected chi connectivity index (χ4v) is 6.02. The summed E-state index contributed by atoms with van der Waals surface area (Å²) in [4.78, 5) is 32.4. The molecule has 13 aromatic rings. The minimum absolute atomic E-state index is 0.161. The van der Waals surface area contributed by atoms with Gasteiger partial charge in [0, 0.05) is 103 Å². The number of thiazole rings is 1. The standard InChI is InChI=1S/C11H19N3.C5H7N.11C5H12.C4H6N2.C4H4S.C4H10.3C3H5N3.C3H3NO.C3H3NS.2C2H2N2O.2C2H2N2S/c1-11(2,3)10-12-7-9-8-13(4)5-6-14(9)10;1-6-4-2-3-5-6;11*1-5(2,3)4;1-6-3-2-5-4-6;1-2-4-5-3-1;1-4(2)3;1-6-2-4-5-3-6;2*1-6-3-4-2-5-6;2*1-2-5-3-4-1;1-3-4-2-5-1;1-3-2-5-4-1;1-3-4-2-5-1;1-3-2-5-4-1/h7H,5-6,8H2,1-4H3;2-5H,1H3;11*1-4H3;2-4H,1H3;1-4H;4H,1-3H3;3*2-3H,1H3;2*1-3H;4*1-2H. The van der Waals surface area contributed by atoms with E-state index in [1.165, 1.54) is 91.5 Å². The lowest BCUT2D eigenvalue weighted by Crippen LogP contribution is -2.32. The molecule has 13 aromatic heterocycles. The summed E-state index contributed by atoms with van der Waals surface area (Å²) >= 11 is 6.16. The van der Waals surface area contributed by atoms with Crippen molar-refractivity contribution in [2.75, 3.05) is 13.6 Å². The van der Waals surface area contributed by atoms with Gasteiger partial charge >= 0.3 is 0 Å². The number of rotatable bonds is 0. The summed E-state index contributed by atoms with van der Waals surface area (Å²) in [6, 6.07) is 8.04. The van der Waals surface area contributed by atoms with Gasteiger partial charge in [-0.1, -0.05) is 363 Å². The molecule has 0 saturated heterocycles. The van der Waals surface area contributed by atoms with Crippen LogP contribution in [-0.4, -0.2) is 136 Å². The molecule has 0 amide bonds. The highest BCUT2D eigenvalue weighted by Gasteiger charge is 2.25. The smallest absolute Gasteiger partial charge is 0.213 e. The number of aromatic nitrogens is 24. The summed E-state index contributed by atoms with van der Waals surface area (Å²) in [6.45, 7) is 113. The van der Waals surface area contributed by atoms with Crippen molar-refractivity contribution >= 4 is 45.5 Å². The maximum absolute atomic E-state index is 4.54. The van der Waals surface area contributed by atoms with Crippen LogP contribution in [-0.2, 0) is 53.7 Å². The van der Waals surface area contributed by atoms with Crippen LogP contribution in [0.5, 0.6) is 0 Å². The van der Waals surface area contributed by atoms with Crippen molar-refractivity contribution in [3.8, 4) is 0 Å². The molecule has 0 unspecified atom stereocenters. The highest BCUT2D eigenvalue weighted by molar-refractivity contribution is 7.08. The lowest BCUT2D eigenvalue weighted by molar-refractivity contribution is 0.262. The Morgan fingerprint density at radius 1 is 0.319 bits per heavy atom. The van der Waals surface area contributed by atoms with Gasteiger partial charge in [-0.2, -0.15) is 25.9 Å². The summed E-state index contributed by atoms with van der Waals surface area (Å²) in [7, 11) is 11.6. The number of fused-ring (bicyclic) bond motifs is 1. The molecule has 0 atom stereocenters. The van der Waals surface area contributed by atoms with Crippen LogP contribution in [0.25, 0.3) is 0 Å². The predicted molar refractivity (Wildman–Crippen MR) is 597 cm³/mol. The number of nitrogens with zero attached hydrogens (tertiary/aromatic N) is 25. The van der Waals surface area contributed by atoms with E-state index in [1.807, 2.05) is 110 Å². The van der Waals surface area contributed by atoms with E-state index in [1.54, 1.807) is 109 Å². The van der Waals surface area contributed by atoms with E-state index in [0.29, 0.717) is 59.6 Å². The molecule has 0 aromatic carbocycles. The maximum Gasteiger partial charge on any atom is 0.213 e. The van der Waals surface area contributed by atoms with Crippen LogP contribution in [0.15, 0.2) is 208 Å². The van der Waals surface area contributed by atoms with Gasteiger partial charge in [0.2, 0.25) is 19.2 Å². The fraction of sp³-hybridized carbons (Fsp3) is 0.679. The van der Waals surface area contributed by atoms with Gasteiger partial charge < -0.3 is 31.6 Å². The molecule has 1 aliphatic rings. The van der Waals surface area contributed by atoms with E-state index in [9.17, 15) is 0 Å². The molecule has 0 N–H and O–H groups in total. The Kier molecular flexibility index (Phi) is 97.0. The second-order valence-electron chi connectivity index (χ2n) is 50.2. The molecule has 798 valence electrons. The average molecular weight is 2010 g/mol. The second-order valence-corrected chi connectivity index (χ2v) is 53.1. The van der Waals surface area contributed by atoms with Crippen LogP contribution in [0.4, 0.5) is 0 Å². The molecular weight excluding hydrogens is 1800 g/mol. The van der Waals surface area contributed by atoms with E-state index in [0.717, 1.165) is 25.6 Å². The van der Waals surface area contributed by atoms with Gasteiger partial charge in [0.15, 0.2) is 12.7 Å². The average Bonchev–Trinajstić information content (AvgIpc) is 1.65. The number of likely N-dealkylation sites (N-methyl/N-ethyl adjacent to an activating group) is 1. The zero-order valence-electron chi connectivity index (χ0n) is 98.2. The highest BCUT2D eigenvalue weighted by Crippen LogP contribution is 2.25. The topological polar surface area (TPSA) is 304 Å². The SMILES string of the molecule is CC(C)(C)C.CC(C)(C)C.CC(C)(C)C.CC(C)(C)C.CC(C)(C)C.CC(C)(C)C.CC(C)(C)C.CC(C)(C)C.CC(C)(C)C.CC(C)(C)C.CC(C)(C)C.CC(C)C.CN1CCn2c(cnc2C(C)(C)C)C1.Cn1cccc1.Cn1ccnc1.Cn1cncn1.Cn1cncn1.Cn1cnnc1.c1ccsc1.c1cocn1.c1cscn1.c1ncon1.c1ncsn1.c1nnco1.c1nncs1. The van der Waals surface area contributed by atoms with E-state index >= 15 is 0 Å². The van der Waals surface area contributed by atoms with E-state index < -0.39 is 0 Å². The Bertz CT molecular complexity index is 3320. The monoisotopic (exact) mass is 2010 g/mol. The molecule has 28 nitrogen and oxygen atoms in total. The number of hydrogen-bond donors (Lipinski definition) is 0. The third-order valence-corrected chi connectivity index (χ3v) is 10.0. The Morgan fingerprint density at radius 3 is 0.862 bits per heavy atom. The van der Waals surface area contributed by atoms with Gasteiger partial charge in [-0.3, -0.25) is 19.2 Å². The first-order chi connectivity index (χ1) is 62.2. The summed E-state index contributed by atoms with van der Waals surface area (Å²) in [6.07, 6.45) is 33.9. The zero-order valence-corrected chi connectivity index (χ0v) is 101. The molecule has 0 radical (unpaired) electrons. The Hall–Kier alpha value is -8.98. The molecule has 0 spiro atoms. The molecule has 14 heterocycles. The lowest BCUT2D eigenvalue weighted by Gasteiger charge is -2.28. The van der Waals surface area contributed by atoms with Gasteiger partial charge in [0.1, 0.15) is 72.9 Å². The molecule has 138 heavy (non-hydrogen) atoms. The minimum atomic E-state index is 0.161. The molecule has 1 aliphatic heterocycles. The highest BCUT2D eigenvalue weighted by atomic mass is 32.1. The molecule has 0 bridgehead atoms. The fourth-order valence-electron chi connectivity index (χ4n) is 4.67. The van der Waals surface area contributed by atoms with Crippen molar-refractivity contribution < 1.29 is 13.4 Å². The maximum atomic E-state index is 4.54. The Morgan fingerprint density at radius 2 is 0.717 bits per heavy atom. The van der Waals surface area contributed by atoms with Gasteiger partial charge in [-0.25, -0.2) is 34.9 Å². The summed E-state index contributed by atoms with van der Waals surface area (Å²) in [5.41, 5.74) is 13.8. The third-order valence-electron chi connectivity index (χ3n) is 7.99. The molecule has 14 rings (SSSR count). The van der Waals surface area contributed by atoms with Crippen molar-refractivity contribution in [2.24, 2.45) is 101 Å². The van der Waals surface area contributed by atoms with Crippen molar-refractivity contribution in [3.05, 3.63) is 206 Å². The molecule has 0 aliphatic carbocycles. The van der Waals surface area contributed by atoms with Crippen molar-refractivity contribution in [1.82, 2.24) is 123 Å². The number of thiophene rings is 1. The molecule has 32 heteroatoms. The van der Waals surface area contributed by atoms with Crippen LogP contribution in [0.3, 0.4) is 0 Å². The van der Waals surface area contributed by atoms with Gasteiger partial charge in [0.05, 0.1) is 23.7 Å². The summed E-state index contributed by atoms with van der Waals surface area (Å²) < 4.78 is 28.0. The number of imidazole rings is 2. The Balaban J connectivity index is -0.000000136. The first-order valence-corrected chi connectivity index (χ1v) is 50.3. The quantitative estimate of drug-likeness (QED) is 0.136. The largest absolute Gasteiger partial charge is 0.452 e. The Labute approximate surface area is 861 Å². The van der Waals surface area contributed by atoms with Crippen molar-refractivity contribution in [1.29, 1.82) is 0 Å². The summed E-state index contributed by atoms with van der Waals surface area (Å²) in [5.74, 6) is 2.06. The van der Waals surface area contributed by atoms with Gasteiger partial charge in [-0.05, 0) is 107 Å². The first-order valence-electron chi connectivity index (χ1n) is 46.6. The van der Waals surface area contributed by atoms with Gasteiger partial charge in [-0.15, -0.1) is 53.3 Å². The third kappa shape index (κ3) is 255. The minimum Gasteiger partial charge on any atom is -0.452 e. The van der Waals surface area contributed by atoms with Crippen LogP contribution in [0.1, 0.15) is 358 Å². The van der Waals surface area contributed by atoms with Crippen LogP contribution in [0, 0.1) is 65.5 Å². The summed E-state index contributed by atoms with van der Waals surface area (Å²) in [5, 5.41) is 37.4. The van der Waals surface area contributed by atoms with Crippen molar-refractivity contribution in [2.45, 2.75) is 365 Å². The second kappa shape index (κ2) is 88.2. The first kappa shape index (κ1) is 152. The van der Waals surface area contributed by atoms with Crippen LogP contribution in [0.2, 0.25) is 0 Å². The van der Waals surface area contributed by atoms with Crippen molar-refractivity contribution in [3.63, 3.8) is 0 Å². The zero-order chi connectivity index (χ0) is 110. The molecule has 0 fully saturated rings. The predicted octanol–water partition coefficient (Wildman–Crippen LogP) is 31.5. The number of aryl methyl sites for hydroxylation is 5. The van der Waals surface area contributed by atoms with Gasteiger partial charge in [0.25, 0.3) is 0 Å². The van der Waals surface area contributed by atoms with Crippen LogP contribution < -0.4 is 0 Å². The normalized spacial score (nSPS) is 10.8. The van der Waals surface area contributed by atoms with E-state index in [4.69, 9.17) is 0 Å². The number of oxazole rings is 1. The lowest BCUT2D eigenvalue weighted by atomic mass is 9.95. The molecule has 0 saturated carbocycles. The molecular formula is C106H207N25O3S4. The number of hydrogen-bond acceptors (Lipinski definition) is 26. The van der Waals surface area contributed by atoms with E-state index in [-0.39, 0.29) is 5.41 Å². The van der Waals surface area contributed by atoms with Crippen LogP contribution >= 0.6 is 45.5 Å². The van der Waals surface area contributed by atoms with E-state index in [2.05, 4.69) is 466 Å².